The first-order valence-corrected chi connectivity index (χ1v) is 10.3. The molecule has 0 radical (unpaired) electrons. The van der Waals surface area contributed by atoms with E-state index in [2.05, 4.69) is 10.6 Å². The first kappa shape index (κ1) is 21.6. The van der Waals surface area contributed by atoms with Crippen molar-refractivity contribution in [1.29, 1.82) is 0 Å². The third kappa shape index (κ3) is 5.35. The summed E-state index contributed by atoms with van der Waals surface area (Å²) >= 11 is 0. The van der Waals surface area contributed by atoms with Gasteiger partial charge >= 0.3 is 6.18 Å². The van der Waals surface area contributed by atoms with Crippen LogP contribution in [-0.2, 0) is 12.7 Å². The van der Waals surface area contributed by atoms with Crippen LogP contribution >= 0.6 is 0 Å². The highest BCUT2D eigenvalue weighted by molar-refractivity contribution is 5.96. The molecule has 0 aromatic heterocycles. The van der Waals surface area contributed by atoms with Gasteiger partial charge in [-0.1, -0.05) is 36.4 Å². The fourth-order valence-electron chi connectivity index (χ4n) is 3.29. The van der Waals surface area contributed by atoms with Crippen LogP contribution in [0.3, 0.4) is 0 Å². The second kappa shape index (κ2) is 8.86. The Balaban J connectivity index is 1.42. The number of amides is 2. The molecule has 0 heterocycles. The van der Waals surface area contributed by atoms with Gasteiger partial charge in [0.2, 0.25) is 0 Å². The summed E-state index contributed by atoms with van der Waals surface area (Å²) in [6.07, 6.45) is -2.39. The monoisotopic (exact) mass is 438 g/mol. The molecule has 3 aromatic rings. The number of carbonyl (C=O) groups excluding carboxylic acids is 2. The van der Waals surface area contributed by atoms with E-state index in [4.69, 9.17) is 0 Å². The van der Waals surface area contributed by atoms with Gasteiger partial charge in [0.05, 0.1) is 5.56 Å². The molecule has 0 aliphatic heterocycles. The molecule has 2 N–H and O–H groups in total. The van der Waals surface area contributed by atoms with Gasteiger partial charge in [0.15, 0.2) is 0 Å². The summed E-state index contributed by atoms with van der Waals surface area (Å²) in [5.41, 5.74) is 2.23. The number of halogens is 3. The molecule has 1 fully saturated rings. The quantitative estimate of drug-likeness (QED) is 0.556. The molecule has 32 heavy (non-hydrogen) atoms. The summed E-state index contributed by atoms with van der Waals surface area (Å²) in [7, 11) is 0. The van der Waals surface area contributed by atoms with E-state index >= 15 is 0 Å². The van der Waals surface area contributed by atoms with Crippen molar-refractivity contribution in [3.05, 3.63) is 95.1 Å². The second-order valence-electron chi connectivity index (χ2n) is 7.79. The minimum atomic E-state index is -4.43. The van der Waals surface area contributed by atoms with Gasteiger partial charge in [0.1, 0.15) is 0 Å². The Morgan fingerprint density at radius 1 is 0.812 bits per heavy atom. The first-order valence-electron chi connectivity index (χ1n) is 10.3. The molecular weight excluding hydrogens is 417 g/mol. The van der Waals surface area contributed by atoms with Gasteiger partial charge in [-0.2, -0.15) is 13.2 Å². The molecule has 4 nitrogen and oxygen atoms in total. The molecule has 0 atom stereocenters. The van der Waals surface area contributed by atoms with Crippen LogP contribution in [0.25, 0.3) is 11.1 Å². The fraction of sp³-hybridized carbons (Fsp3) is 0.200. The van der Waals surface area contributed by atoms with E-state index < -0.39 is 11.7 Å². The predicted molar refractivity (Wildman–Crippen MR) is 115 cm³/mol. The Hall–Kier alpha value is -3.61. The van der Waals surface area contributed by atoms with Crippen LogP contribution in [0.1, 0.15) is 44.7 Å². The lowest BCUT2D eigenvalue weighted by molar-refractivity contribution is -0.137. The Kier molecular flexibility index (Phi) is 5.99. The Morgan fingerprint density at radius 2 is 1.53 bits per heavy atom. The normalized spacial score (nSPS) is 13.5. The maximum Gasteiger partial charge on any atom is 0.416 e. The van der Waals surface area contributed by atoms with Crippen molar-refractivity contribution in [3.8, 4) is 11.1 Å². The van der Waals surface area contributed by atoms with Crippen molar-refractivity contribution >= 4 is 11.8 Å². The van der Waals surface area contributed by atoms with E-state index in [0.29, 0.717) is 16.7 Å². The zero-order valence-corrected chi connectivity index (χ0v) is 17.1. The zero-order chi connectivity index (χ0) is 22.7. The molecule has 4 rings (SSSR count). The number of rotatable bonds is 6. The van der Waals surface area contributed by atoms with Gasteiger partial charge in [0, 0.05) is 23.7 Å². The lowest BCUT2D eigenvalue weighted by Crippen LogP contribution is -2.25. The summed E-state index contributed by atoms with van der Waals surface area (Å²) in [6, 6.07) is 19.2. The number of nitrogens with one attached hydrogen (secondary N) is 2. The second-order valence-corrected chi connectivity index (χ2v) is 7.79. The Labute approximate surface area is 183 Å². The maximum atomic E-state index is 12.9. The van der Waals surface area contributed by atoms with Crippen molar-refractivity contribution in [2.45, 2.75) is 31.6 Å². The average molecular weight is 438 g/mol. The molecule has 1 aliphatic carbocycles. The largest absolute Gasteiger partial charge is 0.416 e. The highest BCUT2D eigenvalue weighted by Crippen LogP contribution is 2.29. The van der Waals surface area contributed by atoms with Gasteiger partial charge < -0.3 is 10.6 Å². The van der Waals surface area contributed by atoms with Gasteiger partial charge in [-0.15, -0.1) is 0 Å². The van der Waals surface area contributed by atoms with Gasteiger partial charge in [-0.3, -0.25) is 9.59 Å². The van der Waals surface area contributed by atoms with E-state index in [0.717, 1.165) is 36.1 Å². The highest BCUT2D eigenvalue weighted by Gasteiger charge is 2.30. The van der Waals surface area contributed by atoms with Gasteiger partial charge in [0.25, 0.3) is 11.8 Å². The third-order valence-corrected chi connectivity index (χ3v) is 5.23. The minimum Gasteiger partial charge on any atom is -0.349 e. The molecule has 0 unspecified atom stereocenters. The SMILES string of the molecule is O=C(NCc1cccc(C(F)(F)F)c1)c1cccc(-c2ccc(C(=O)NC3CC3)cc2)c1. The average Bonchev–Trinajstić information content (AvgIpc) is 3.61. The van der Waals surface area contributed by atoms with Crippen LogP contribution in [0.4, 0.5) is 13.2 Å². The molecule has 1 aliphatic rings. The van der Waals surface area contributed by atoms with Crippen LogP contribution in [0.15, 0.2) is 72.8 Å². The smallest absolute Gasteiger partial charge is 0.349 e. The van der Waals surface area contributed by atoms with Crippen LogP contribution < -0.4 is 10.6 Å². The van der Waals surface area contributed by atoms with Crippen LogP contribution in [-0.4, -0.2) is 17.9 Å². The topological polar surface area (TPSA) is 58.2 Å². The summed E-state index contributed by atoms with van der Waals surface area (Å²) in [5.74, 6) is -0.480. The number of benzene rings is 3. The lowest BCUT2D eigenvalue weighted by atomic mass is 10.0. The lowest BCUT2D eigenvalue weighted by Gasteiger charge is -2.10. The van der Waals surface area contributed by atoms with Crippen molar-refractivity contribution in [2.24, 2.45) is 0 Å². The van der Waals surface area contributed by atoms with E-state index in [9.17, 15) is 22.8 Å². The molecule has 1 saturated carbocycles. The summed E-state index contributed by atoms with van der Waals surface area (Å²) in [5, 5.41) is 5.60. The summed E-state index contributed by atoms with van der Waals surface area (Å²) < 4.78 is 38.6. The molecule has 2 amide bonds. The molecule has 0 bridgehead atoms. The molecule has 164 valence electrons. The molecule has 0 spiro atoms. The van der Waals surface area contributed by atoms with Crippen LogP contribution in [0.5, 0.6) is 0 Å². The van der Waals surface area contributed by atoms with E-state index in [1.54, 1.807) is 30.3 Å². The van der Waals surface area contributed by atoms with Crippen molar-refractivity contribution in [2.75, 3.05) is 0 Å². The first-order chi connectivity index (χ1) is 15.3. The van der Waals surface area contributed by atoms with Crippen molar-refractivity contribution in [3.63, 3.8) is 0 Å². The fourth-order valence-corrected chi connectivity index (χ4v) is 3.29. The molecule has 3 aromatic carbocycles. The van der Waals surface area contributed by atoms with Gasteiger partial charge in [-0.25, -0.2) is 0 Å². The number of hydrogen-bond acceptors (Lipinski definition) is 2. The molecule has 0 saturated heterocycles. The zero-order valence-electron chi connectivity index (χ0n) is 17.1. The number of carbonyl (C=O) groups is 2. The summed E-state index contributed by atoms with van der Waals surface area (Å²) in [6.45, 7) is -0.0161. The van der Waals surface area contributed by atoms with Gasteiger partial charge in [-0.05, 0) is 65.9 Å². The van der Waals surface area contributed by atoms with Crippen LogP contribution in [0.2, 0.25) is 0 Å². The predicted octanol–water partition coefficient (Wildman–Crippen LogP) is 5.19. The van der Waals surface area contributed by atoms with E-state index in [1.165, 1.54) is 12.1 Å². The summed E-state index contributed by atoms with van der Waals surface area (Å²) in [4.78, 5) is 24.7. The standard InChI is InChI=1S/C25H21F3N2O2/c26-25(27,28)21-6-1-3-16(13-21)15-29-23(31)20-5-2-4-19(14-20)17-7-9-18(10-8-17)24(32)30-22-11-12-22/h1-10,13-14,22H,11-12,15H2,(H,29,31)(H,30,32). The minimum absolute atomic E-state index is 0.0161. The molecule has 7 heteroatoms. The Bertz CT molecular complexity index is 1140. The third-order valence-electron chi connectivity index (χ3n) is 5.23. The number of hydrogen-bond donors (Lipinski definition) is 2. The molecular formula is C25H21F3N2O2. The maximum absolute atomic E-state index is 12.9. The highest BCUT2D eigenvalue weighted by atomic mass is 19.4. The van der Waals surface area contributed by atoms with E-state index in [1.807, 2.05) is 18.2 Å². The Morgan fingerprint density at radius 3 is 2.22 bits per heavy atom. The van der Waals surface area contributed by atoms with Crippen molar-refractivity contribution < 1.29 is 22.8 Å². The van der Waals surface area contributed by atoms with E-state index in [-0.39, 0.29) is 24.4 Å². The van der Waals surface area contributed by atoms with Crippen molar-refractivity contribution in [1.82, 2.24) is 10.6 Å². The van der Waals surface area contributed by atoms with Crippen LogP contribution in [0, 0.1) is 0 Å². The number of alkyl halides is 3.